The standard InChI is InChI=1S/C14H14O3S2/c1-19(16,17)12-6-4-11(5-7-12)13(8-9-15)14-3-2-10-18-14/h2-7,9-10,13H,8H2,1H3. The predicted molar refractivity (Wildman–Crippen MR) is 76.4 cm³/mol. The first-order chi connectivity index (χ1) is 9.02. The van der Waals surface area contributed by atoms with Crippen LogP contribution in [0.2, 0.25) is 0 Å². The van der Waals surface area contributed by atoms with Crippen LogP contribution in [-0.2, 0) is 14.6 Å². The second-order valence-electron chi connectivity index (χ2n) is 4.31. The number of carbonyl (C=O) groups excluding carboxylic acids is 1. The largest absolute Gasteiger partial charge is 0.303 e. The molecule has 0 saturated heterocycles. The molecule has 1 heterocycles. The van der Waals surface area contributed by atoms with Crippen LogP contribution in [0.1, 0.15) is 22.8 Å². The molecule has 0 N–H and O–H groups in total. The number of rotatable bonds is 5. The monoisotopic (exact) mass is 294 g/mol. The Hall–Kier alpha value is -1.46. The van der Waals surface area contributed by atoms with Gasteiger partial charge in [0.2, 0.25) is 0 Å². The lowest BCUT2D eigenvalue weighted by Gasteiger charge is -2.13. The summed E-state index contributed by atoms with van der Waals surface area (Å²) in [6.07, 6.45) is 2.48. The van der Waals surface area contributed by atoms with E-state index < -0.39 is 9.84 Å². The van der Waals surface area contributed by atoms with Gasteiger partial charge in [0.1, 0.15) is 6.29 Å². The van der Waals surface area contributed by atoms with Crippen molar-refractivity contribution in [1.82, 2.24) is 0 Å². The lowest BCUT2D eigenvalue weighted by atomic mass is 9.95. The molecule has 1 unspecified atom stereocenters. The summed E-state index contributed by atoms with van der Waals surface area (Å²) in [5.74, 6) is 0.00566. The molecule has 3 nitrogen and oxygen atoms in total. The highest BCUT2D eigenvalue weighted by Crippen LogP contribution is 2.31. The molecular weight excluding hydrogens is 280 g/mol. The number of benzene rings is 1. The Morgan fingerprint density at radius 1 is 1.21 bits per heavy atom. The normalized spacial score (nSPS) is 13.1. The minimum absolute atomic E-state index is 0.00566. The van der Waals surface area contributed by atoms with E-state index in [9.17, 15) is 13.2 Å². The average Bonchev–Trinajstić information content (AvgIpc) is 2.89. The minimum Gasteiger partial charge on any atom is -0.303 e. The van der Waals surface area contributed by atoms with Gasteiger partial charge >= 0.3 is 0 Å². The molecule has 1 atom stereocenters. The number of aldehydes is 1. The quantitative estimate of drug-likeness (QED) is 0.797. The number of carbonyl (C=O) groups is 1. The van der Waals surface area contributed by atoms with Crippen molar-refractivity contribution in [3.8, 4) is 0 Å². The van der Waals surface area contributed by atoms with Gasteiger partial charge in [-0.1, -0.05) is 18.2 Å². The zero-order valence-electron chi connectivity index (χ0n) is 10.4. The summed E-state index contributed by atoms with van der Waals surface area (Å²) in [6, 6.07) is 10.7. The maximum absolute atomic E-state index is 11.4. The molecule has 1 aromatic heterocycles. The number of thiophene rings is 1. The molecule has 2 rings (SSSR count). The van der Waals surface area contributed by atoms with Crippen LogP contribution in [0, 0.1) is 0 Å². The fraction of sp³-hybridized carbons (Fsp3) is 0.214. The van der Waals surface area contributed by atoms with Gasteiger partial charge in [0.15, 0.2) is 9.84 Å². The molecule has 100 valence electrons. The van der Waals surface area contributed by atoms with Crippen LogP contribution in [-0.4, -0.2) is 21.0 Å². The molecule has 0 amide bonds. The maximum atomic E-state index is 11.4. The first kappa shape index (κ1) is 14.0. The van der Waals surface area contributed by atoms with Gasteiger partial charge in [0, 0.05) is 23.5 Å². The van der Waals surface area contributed by atoms with Crippen molar-refractivity contribution in [3.63, 3.8) is 0 Å². The van der Waals surface area contributed by atoms with Crippen molar-refractivity contribution in [2.45, 2.75) is 17.2 Å². The molecule has 0 spiro atoms. The molecule has 5 heteroatoms. The van der Waals surface area contributed by atoms with Crippen LogP contribution in [0.25, 0.3) is 0 Å². The smallest absolute Gasteiger partial charge is 0.175 e. The summed E-state index contributed by atoms with van der Waals surface area (Å²) >= 11 is 1.60. The molecular formula is C14H14O3S2. The SMILES string of the molecule is CS(=O)(=O)c1ccc(C(CC=O)c2cccs2)cc1. The lowest BCUT2D eigenvalue weighted by molar-refractivity contribution is -0.108. The molecule has 0 bridgehead atoms. The van der Waals surface area contributed by atoms with Gasteiger partial charge in [-0.2, -0.15) is 0 Å². The van der Waals surface area contributed by atoms with Gasteiger partial charge in [0.05, 0.1) is 4.90 Å². The second-order valence-corrected chi connectivity index (χ2v) is 7.31. The highest BCUT2D eigenvalue weighted by atomic mass is 32.2. The van der Waals surface area contributed by atoms with E-state index >= 15 is 0 Å². The Labute approximate surface area is 116 Å². The van der Waals surface area contributed by atoms with Crippen LogP contribution < -0.4 is 0 Å². The predicted octanol–water partition coefficient (Wildman–Crippen LogP) is 2.87. The fourth-order valence-corrected chi connectivity index (χ4v) is 3.45. The fourth-order valence-electron chi connectivity index (χ4n) is 1.95. The molecule has 0 aliphatic heterocycles. The van der Waals surface area contributed by atoms with E-state index in [4.69, 9.17) is 0 Å². The molecule has 0 radical (unpaired) electrons. The lowest BCUT2D eigenvalue weighted by Crippen LogP contribution is -2.02. The highest BCUT2D eigenvalue weighted by Gasteiger charge is 2.15. The van der Waals surface area contributed by atoms with Crippen molar-refractivity contribution in [1.29, 1.82) is 0 Å². The summed E-state index contributed by atoms with van der Waals surface area (Å²) in [6.45, 7) is 0. The van der Waals surface area contributed by atoms with E-state index in [1.165, 1.54) is 6.26 Å². The van der Waals surface area contributed by atoms with Crippen LogP contribution in [0.3, 0.4) is 0 Å². The second kappa shape index (κ2) is 5.67. The average molecular weight is 294 g/mol. The molecule has 2 aromatic rings. The zero-order valence-corrected chi connectivity index (χ0v) is 12.1. The Kier molecular flexibility index (Phi) is 4.17. The molecule has 19 heavy (non-hydrogen) atoms. The summed E-state index contributed by atoms with van der Waals surface area (Å²) in [5.41, 5.74) is 0.960. The third-order valence-electron chi connectivity index (χ3n) is 2.93. The van der Waals surface area contributed by atoms with Crippen LogP contribution in [0.15, 0.2) is 46.7 Å². The van der Waals surface area contributed by atoms with Gasteiger partial charge in [-0.25, -0.2) is 8.42 Å². The summed E-state index contributed by atoms with van der Waals surface area (Å²) in [7, 11) is -3.18. The minimum atomic E-state index is -3.18. The summed E-state index contributed by atoms with van der Waals surface area (Å²) < 4.78 is 22.8. The summed E-state index contributed by atoms with van der Waals surface area (Å²) in [5, 5.41) is 1.97. The zero-order chi connectivity index (χ0) is 13.9. The van der Waals surface area contributed by atoms with Crippen LogP contribution in [0.4, 0.5) is 0 Å². The van der Waals surface area contributed by atoms with E-state index in [-0.39, 0.29) is 5.92 Å². The van der Waals surface area contributed by atoms with Gasteiger partial charge < -0.3 is 4.79 Å². The first-order valence-corrected chi connectivity index (χ1v) is 8.56. The third-order valence-corrected chi connectivity index (χ3v) is 5.04. The number of sulfone groups is 1. The number of hydrogen-bond acceptors (Lipinski definition) is 4. The van der Waals surface area contributed by atoms with Crippen molar-refractivity contribution in [2.75, 3.05) is 6.26 Å². The third kappa shape index (κ3) is 3.30. The maximum Gasteiger partial charge on any atom is 0.175 e. The van der Waals surface area contributed by atoms with E-state index in [1.807, 2.05) is 17.5 Å². The van der Waals surface area contributed by atoms with Crippen molar-refractivity contribution in [3.05, 3.63) is 52.2 Å². The van der Waals surface area contributed by atoms with E-state index in [2.05, 4.69) is 0 Å². The van der Waals surface area contributed by atoms with E-state index in [0.717, 1.165) is 16.7 Å². The van der Waals surface area contributed by atoms with Gasteiger partial charge in [-0.05, 0) is 29.1 Å². The van der Waals surface area contributed by atoms with E-state index in [1.54, 1.807) is 35.6 Å². The Bertz CT molecular complexity index is 641. The molecule has 1 aromatic carbocycles. The van der Waals surface area contributed by atoms with Crippen LogP contribution >= 0.6 is 11.3 Å². The van der Waals surface area contributed by atoms with Crippen LogP contribution in [0.5, 0.6) is 0 Å². The topological polar surface area (TPSA) is 51.2 Å². The van der Waals surface area contributed by atoms with Crippen molar-refractivity contribution < 1.29 is 13.2 Å². The molecule has 0 saturated carbocycles. The molecule has 0 aliphatic carbocycles. The Morgan fingerprint density at radius 3 is 2.37 bits per heavy atom. The molecule has 0 aliphatic rings. The highest BCUT2D eigenvalue weighted by molar-refractivity contribution is 7.90. The number of hydrogen-bond donors (Lipinski definition) is 0. The van der Waals surface area contributed by atoms with Gasteiger partial charge in [-0.15, -0.1) is 11.3 Å². The molecule has 0 fully saturated rings. The Morgan fingerprint density at radius 2 is 1.89 bits per heavy atom. The first-order valence-electron chi connectivity index (χ1n) is 5.79. The summed E-state index contributed by atoms with van der Waals surface area (Å²) in [4.78, 5) is 12.2. The van der Waals surface area contributed by atoms with Crippen molar-refractivity contribution >= 4 is 27.5 Å². The Balaban J connectivity index is 2.36. The van der Waals surface area contributed by atoms with Gasteiger partial charge in [0.25, 0.3) is 0 Å². The van der Waals surface area contributed by atoms with Gasteiger partial charge in [-0.3, -0.25) is 0 Å². The van der Waals surface area contributed by atoms with Crippen molar-refractivity contribution in [2.24, 2.45) is 0 Å². The van der Waals surface area contributed by atoms with E-state index in [0.29, 0.717) is 11.3 Å².